The van der Waals surface area contributed by atoms with Gasteiger partial charge < -0.3 is 0 Å². The Kier molecular flexibility index (Phi) is 1.53. The van der Waals surface area contributed by atoms with Crippen LogP contribution in [0.25, 0.3) is 0 Å². The third-order valence-corrected chi connectivity index (χ3v) is 4.23. The molecular weight excluding hydrogens is 144 g/mol. The molecule has 12 heavy (non-hydrogen) atoms. The van der Waals surface area contributed by atoms with Gasteiger partial charge in [-0.2, -0.15) is 0 Å². The summed E-state index contributed by atoms with van der Waals surface area (Å²) in [5, 5.41) is 0. The zero-order valence-corrected chi connectivity index (χ0v) is 8.46. The van der Waals surface area contributed by atoms with E-state index < -0.39 is 0 Å². The zero-order valence-electron chi connectivity index (χ0n) is 8.46. The largest absolute Gasteiger partial charge is 0.129 e. The second kappa shape index (κ2) is 2.26. The Labute approximate surface area is 75.4 Å². The van der Waals surface area contributed by atoms with Gasteiger partial charge in [0.15, 0.2) is 0 Å². The molecule has 1 fully saturated rings. The lowest BCUT2D eigenvalue weighted by molar-refractivity contribution is 0.229. The molecule has 0 amide bonds. The molecule has 1 saturated carbocycles. The van der Waals surface area contributed by atoms with Crippen molar-refractivity contribution in [2.45, 2.75) is 27.7 Å². The van der Waals surface area contributed by atoms with Crippen LogP contribution >= 0.6 is 0 Å². The normalized spacial score (nSPS) is 48.3. The highest BCUT2D eigenvalue weighted by molar-refractivity contribution is 5.16. The van der Waals surface area contributed by atoms with Crippen LogP contribution in [0.1, 0.15) is 27.7 Å². The van der Waals surface area contributed by atoms with Crippen molar-refractivity contribution >= 4 is 0 Å². The monoisotopic (exact) mass is 162 g/mol. The fraction of sp³-hybridized carbons (Fsp3) is 0.750. The van der Waals surface area contributed by atoms with Crippen LogP contribution in [0.4, 0.5) is 0 Å². The average Bonchev–Trinajstić information content (AvgIpc) is 2.17. The summed E-state index contributed by atoms with van der Waals surface area (Å²) in [5.41, 5.74) is 3.79. The van der Waals surface area contributed by atoms with Gasteiger partial charge in [-0.15, -0.1) is 5.73 Å². The molecule has 2 rings (SSSR count). The highest BCUT2D eigenvalue weighted by atomic mass is 14.5. The van der Waals surface area contributed by atoms with Crippen LogP contribution < -0.4 is 0 Å². The second-order valence-corrected chi connectivity index (χ2v) is 5.09. The van der Waals surface area contributed by atoms with E-state index in [1.165, 1.54) is 0 Å². The lowest BCUT2D eigenvalue weighted by Gasteiger charge is -2.32. The Bertz CT molecular complexity index is 231. The van der Waals surface area contributed by atoms with Crippen LogP contribution in [0.2, 0.25) is 0 Å². The molecule has 0 radical (unpaired) electrons. The van der Waals surface area contributed by atoms with E-state index in [1.54, 1.807) is 0 Å². The van der Waals surface area contributed by atoms with E-state index in [1.807, 2.05) is 0 Å². The quantitative estimate of drug-likeness (QED) is 0.480. The molecule has 0 saturated heterocycles. The van der Waals surface area contributed by atoms with Crippen LogP contribution in [0.15, 0.2) is 17.9 Å². The summed E-state index contributed by atoms with van der Waals surface area (Å²) in [5.74, 6) is 3.16. The minimum Gasteiger partial charge on any atom is -0.129 e. The first-order valence-electron chi connectivity index (χ1n) is 4.98. The van der Waals surface area contributed by atoms with Crippen molar-refractivity contribution in [3.05, 3.63) is 17.9 Å². The van der Waals surface area contributed by atoms with E-state index in [0.717, 1.165) is 23.7 Å². The minimum absolute atomic E-state index is 0.476. The molecule has 0 aromatic rings. The van der Waals surface area contributed by atoms with Crippen LogP contribution in [0, 0.1) is 29.1 Å². The molecule has 0 heterocycles. The Morgan fingerprint density at radius 3 is 1.75 bits per heavy atom. The van der Waals surface area contributed by atoms with Crippen molar-refractivity contribution < 1.29 is 0 Å². The van der Waals surface area contributed by atoms with Crippen molar-refractivity contribution in [1.82, 2.24) is 0 Å². The lowest BCUT2D eigenvalue weighted by atomic mass is 9.72. The van der Waals surface area contributed by atoms with Gasteiger partial charge in [-0.1, -0.05) is 27.7 Å². The first kappa shape index (κ1) is 8.13. The summed E-state index contributed by atoms with van der Waals surface area (Å²) < 4.78 is 0. The van der Waals surface area contributed by atoms with Crippen molar-refractivity contribution in [1.29, 1.82) is 0 Å². The van der Waals surface area contributed by atoms with E-state index in [9.17, 15) is 0 Å². The maximum Gasteiger partial charge on any atom is -0.00718 e. The van der Waals surface area contributed by atoms with Gasteiger partial charge in [0.1, 0.15) is 0 Å². The molecule has 4 unspecified atom stereocenters. The topological polar surface area (TPSA) is 0 Å². The predicted octanol–water partition coefficient (Wildman–Crippen LogP) is 3.26. The summed E-state index contributed by atoms with van der Waals surface area (Å²) in [6.45, 7) is 9.56. The molecule has 0 aromatic carbocycles. The average molecular weight is 162 g/mol. The Morgan fingerprint density at radius 1 is 1.00 bits per heavy atom. The molecule has 66 valence electrons. The van der Waals surface area contributed by atoms with E-state index in [0.29, 0.717) is 5.41 Å². The van der Waals surface area contributed by atoms with Gasteiger partial charge in [-0.3, -0.25) is 0 Å². The molecule has 0 nitrogen and oxygen atoms in total. The SMILES string of the molecule is CC1C(C)C2C=C=CC1C2(C)C. The number of hydrogen-bond acceptors (Lipinski definition) is 0. The molecule has 0 aromatic heterocycles. The molecule has 2 aliphatic rings. The van der Waals surface area contributed by atoms with E-state index in [2.05, 4.69) is 45.6 Å². The van der Waals surface area contributed by atoms with Crippen LogP contribution in [0.5, 0.6) is 0 Å². The Morgan fingerprint density at radius 2 is 1.42 bits per heavy atom. The molecule has 0 aliphatic heterocycles. The summed E-state index contributed by atoms with van der Waals surface area (Å²) in [7, 11) is 0. The number of rotatable bonds is 0. The van der Waals surface area contributed by atoms with Crippen LogP contribution in [0.3, 0.4) is 0 Å². The van der Waals surface area contributed by atoms with Gasteiger partial charge in [-0.05, 0) is 41.2 Å². The van der Waals surface area contributed by atoms with Crippen molar-refractivity contribution in [2.75, 3.05) is 0 Å². The van der Waals surface area contributed by atoms with Crippen LogP contribution in [-0.2, 0) is 0 Å². The summed E-state index contributed by atoms with van der Waals surface area (Å²) >= 11 is 0. The van der Waals surface area contributed by atoms with Crippen molar-refractivity contribution in [2.24, 2.45) is 29.1 Å². The van der Waals surface area contributed by atoms with E-state index >= 15 is 0 Å². The molecule has 2 bridgehead atoms. The molecule has 4 atom stereocenters. The fourth-order valence-corrected chi connectivity index (χ4v) is 3.23. The fourth-order valence-electron chi connectivity index (χ4n) is 3.23. The van der Waals surface area contributed by atoms with Crippen molar-refractivity contribution in [3.63, 3.8) is 0 Å². The third kappa shape index (κ3) is 0.793. The Balaban J connectivity index is 2.45. The first-order chi connectivity index (χ1) is 5.55. The lowest BCUT2D eigenvalue weighted by Crippen LogP contribution is -2.26. The Hall–Kier alpha value is -0.480. The number of hydrogen-bond donors (Lipinski definition) is 0. The van der Waals surface area contributed by atoms with Gasteiger partial charge in [-0.25, -0.2) is 0 Å². The van der Waals surface area contributed by atoms with Gasteiger partial charge in [0.05, 0.1) is 0 Å². The van der Waals surface area contributed by atoms with Gasteiger partial charge in [0.25, 0.3) is 0 Å². The predicted molar refractivity (Wildman–Crippen MR) is 51.7 cm³/mol. The standard InChI is InChI=1S/C12H18/c1-8-9(2)11-7-5-6-10(8)12(11,3)4/h6-11H,1-4H3. The highest BCUT2D eigenvalue weighted by Crippen LogP contribution is 2.56. The first-order valence-corrected chi connectivity index (χ1v) is 4.98. The molecular formula is C12H18. The minimum atomic E-state index is 0.476. The summed E-state index contributed by atoms with van der Waals surface area (Å²) in [6.07, 6.45) is 4.56. The third-order valence-electron chi connectivity index (χ3n) is 4.23. The molecule has 0 heteroatoms. The molecule has 2 aliphatic carbocycles. The van der Waals surface area contributed by atoms with Gasteiger partial charge in [0, 0.05) is 0 Å². The van der Waals surface area contributed by atoms with Gasteiger partial charge in [0.2, 0.25) is 0 Å². The second-order valence-electron chi connectivity index (χ2n) is 5.09. The van der Waals surface area contributed by atoms with Crippen molar-refractivity contribution in [3.8, 4) is 0 Å². The summed E-state index contributed by atoms with van der Waals surface area (Å²) in [4.78, 5) is 0. The number of allylic oxidation sites excluding steroid dienone is 1. The van der Waals surface area contributed by atoms with Gasteiger partial charge >= 0.3 is 0 Å². The highest BCUT2D eigenvalue weighted by Gasteiger charge is 2.50. The smallest absolute Gasteiger partial charge is 0.00718 e. The maximum atomic E-state index is 3.31. The van der Waals surface area contributed by atoms with E-state index in [-0.39, 0.29) is 0 Å². The molecule has 0 N–H and O–H groups in total. The van der Waals surface area contributed by atoms with Crippen LogP contribution in [-0.4, -0.2) is 0 Å². The number of fused-ring (bicyclic) bond motifs is 2. The zero-order chi connectivity index (χ0) is 8.93. The summed E-state index contributed by atoms with van der Waals surface area (Å²) in [6, 6.07) is 0. The van der Waals surface area contributed by atoms with E-state index in [4.69, 9.17) is 0 Å². The maximum absolute atomic E-state index is 3.31. The molecule has 0 spiro atoms.